The quantitative estimate of drug-likeness (QED) is 0.901. The third-order valence-electron chi connectivity index (χ3n) is 3.56. The van der Waals surface area contributed by atoms with Gasteiger partial charge in [0, 0.05) is 23.6 Å². The molecule has 0 saturated heterocycles. The lowest BCUT2D eigenvalue weighted by molar-refractivity contribution is -0.124. The van der Waals surface area contributed by atoms with Crippen LogP contribution in [0.1, 0.15) is 25.3 Å². The normalized spacial score (nSPS) is 21.6. The van der Waals surface area contributed by atoms with Crippen molar-refractivity contribution in [3.8, 4) is 0 Å². The van der Waals surface area contributed by atoms with E-state index in [0.29, 0.717) is 22.7 Å². The van der Waals surface area contributed by atoms with Crippen molar-refractivity contribution < 1.29 is 13.6 Å². The highest BCUT2D eigenvalue weighted by Gasteiger charge is 2.33. The van der Waals surface area contributed by atoms with Gasteiger partial charge in [-0.1, -0.05) is 17.7 Å². The second-order valence-electron chi connectivity index (χ2n) is 4.99. The van der Waals surface area contributed by atoms with E-state index in [2.05, 4.69) is 5.32 Å². The van der Waals surface area contributed by atoms with Crippen molar-refractivity contribution in [1.29, 1.82) is 0 Å². The molecule has 0 fully saturated rings. The predicted octanol–water partition coefficient (Wildman–Crippen LogP) is 3.88. The summed E-state index contributed by atoms with van der Waals surface area (Å²) < 4.78 is 26.9. The van der Waals surface area contributed by atoms with E-state index in [4.69, 9.17) is 11.6 Å². The summed E-state index contributed by atoms with van der Waals surface area (Å²) in [7, 11) is 0. The molecule has 0 heterocycles. The van der Waals surface area contributed by atoms with Gasteiger partial charge in [0.15, 0.2) is 0 Å². The first kappa shape index (κ1) is 15.7. The van der Waals surface area contributed by atoms with Crippen molar-refractivity contribution in [3.05, 3.63) is 58.2 Å². The van der Waals surface area contributed by atoms with Crippen LogP contribution in [-0.2, 0) is 4.79 Å². The minimum Gasteiger partial charge on any atom is -0.356 e. The van der Waals surface area contributed by atoms with Crippen LogP contribution in [0.15, 0.2) is 41.0 Å². The molecule has 0 bridgehead atoms. The van der Waals surface area contributed by atoms with Crippen LogP contribution in [0.4, 0.5) is 8.78 Å². The fourth-order valence-electron chi connectivity index (χ4n) is 2.56. The van der Waals surface area contributed by atoms with Crippen LogP contribution in [0, 0.1) is 17.6 Å². The molecular weight excluding hydrogens is 296 g/mol. The molecule has 112 valence electrons. The molecule has 21 heavy (non-hydrogen) atoms. The Hall–Kier alpha value is -1.68. The van der Waals surface area contributed by atoms with Gasteiger partial charge in [-0.25, -0.2) is 8.78 Å². The van der Waals surface area contributed by atoms with Crippen LogP contribution in [0.5, 0.6) is 0 Å². The Morgan fingerprint density at radius 2 is 1.90 bits per heavy atom. The van der Waals surface area contributed by atoms with Gasteiger partial charge in [0.25, 0.3) is 0 Å². The lowest BCUT2D eigenvalue weighted by atomic mass is 9.78. The van der Waals surface area contributed by atoms with E-state index in [9.17, 15) is 13.6 Å². The Balaban J connectivity index is 2.45. The second-order valence-corrected chi connectivity index (χ2v) is 5.40. The zero-order valence-electron chi connectivity index (χ0n) is 11.8. The number of benzene rings is 1. The highest BCUT2D eigenvalue weighted by atomic mass is 35.5. The van der Waals surface area contributed by atoms with Gasteiger partial charge >= 0.3 is 0 Å². The van der Waals surface area contributed by atoms with E-state index in [0.717, 1.165) is 6.07 Å². The maximum Gasteiger partial charge on any atom is 0.228 e. The first-order valence-electron chi connectivity index (χ1n) is 6.72. The Morgan fingerprint density at radius 1 is 1.29 bits per heavy atom. The molecule has 1 N–H and O–H groups in total. The molecular formula is C16H16ClF2NO. The fourth-order valence-corrected chi connectivity index (χ4v) is 2.75. The zero-order valence-corrected chi connectivity index (χ0v) is 12.5. The van der Waals surface area contributed by atoms with Gasteiger partial charge in [0.2, 0.25) is 5.91 Å². The number of carbonyl (C=O) groups excluding carboxylic acids is 1. The van der Waals surface area contributed by atoms with E-state index in [1.165, 1.54) is 12.1 Å². The molecule has 0 aromatic heterocycles. The van der Waals surface area contributed by atoms with Crippen molar-refractivity contribution in [2.75, 3.05) is 6.54 Å². The van der Waals surface area contributed by atoms with Crippen LogP contribution < -0.4 is 5.32 Å². The Kier molecular flexibility index (Phi) is 4.78. The van der Waals surface area contributed by atoms with E-state index in [1.807, 2.05) is 6.92 Å². The minimum absolute atomic E-state index is 0.202. The Labute approximate surface area is 127 Å². The number of rotatable bonds is 3. The van der Waals surface area contributed by atoms with Crippen LogP contribution in [-0.4, -0.2) is 12.5 Å². The van der Waals surface area contributed by atoms with Crippen molar-refractivity contribution in [1.82, 2.24) is 5.32 Å². The first-order chi connectivity index (χ1) is 9.93. The molecule has 2 rings (SSSR count). The zero-order chi connectivity index (χ0) is 15.6. The van der Waals surface area contributed by atoms with Gasteiger partial charge in [-0.3, -0.25) is 4.79 Å². The summed E-state index contributed by atoms with van der Waals surface area (Å²) >= 11 is 6.09. The smallest absolute Gasteiger partial charge is 0.228 e. The summed E-state index contributed by atoms with van der Waals surface area (Å²) in [4.78, 5) is 12.3. The molecule has 1 amide bonds. The number of allylic oxidation sites excluding steroid dienone is 3. The van der Waals surface area contributed by atoms with E-state index < -0.39 is 23.5 Å². The van der Waals surface area contributed by atoms with Gasteiger partial charge in [-0.05, 0) is 43.2 Å². The summed E-state index contributed by atoms with van der Waals surface area (Å²) in [6, 6.07) is 3.31. The highest BCUT2D eigenvalue weighted by molar-refractivity contribution is 6.31. The molecule has 1 aliphatic rings. The number of carbonyl (C=O) groups is 1. The van der Waals surface area contributed by atoms with Gasteiger partial charge in [-0.2, -0.15) is 0 Å². The van der Waals surface area contributed by atoms with Crippen molar-refractivity contribution in [2.24, 2.45) is 5.92 Å². The molecule has 1 aromatic carbocycles. The lowest BCUT2D eigenvalue weighted by Gasteiger charge is -2.28. The van der Waals surface area contributed by atoms with Crippen LogP contribution in [0.25, 0.3) is 0 Å². The van der Waals surface area contributed by atoms with E-state index >= 15 is 0 Å². The molecule has 0 radical (unpaired) electrons. The Bertz CT molecular complexity index is 604. The summed E-state index contributed by atoms with van der Waals surface area (Å²) in [6.07, 6.45) is 3.38. The highest BCUT2D eigenvalue weighted by Crippen LogP contribution is 2.38. The van der Waals surface area contributed by atoms with Crippen LogP contribution in [0.2, 0.25) is 0 Å². The third kappa shape index (κ3) is 3.32. The molecule has 2 atom stereocenters. The topological polar surface area (TPSA) is 29.1 Å². The SMILES string of the molecule is CCNC(=O)C1C(C)=C(Cl)C=CC1c1cc(F)cc(F)c1. The number of halogens is 3. The monoisotopic (exact) mass is 311 g/mol. The average Bonchev–Trinajstić information content (AvgIpc) is 2.40. The molecule has 1 aromatic rings. The predicted molar refractivity (Wildman–Crippen MR) is 79.0 cm³/mol. The molecule has 5 heteroatoms. The lowest BCUT2D eigenvalue weighted by Crippen LogP contribution is -2.35. The second kappa shape index (κ2) is 6.39. The molecule has 0 saturated carbocycles. The molecule has 0 spiro atoms. The average molecular weight is 312 g/mol. The largest absolute Gasteiger partial charge is 0.356 e. The number of hydrogen-bond donors (Lipinski definition) is 1. The van der Waals surface area contributed by atoms with Crippen molar-refractivity contribution in [2.45, 2.75) is 19.8 Å². The Morgan fingerprint density at radius 3 is 2.48 bits per heavy atom. The van der Waals surface area contributed by atoms with E-state index in [-0.39, 0.29) is 5.91 Å². The number of nitrogens with one attached hydrogen (secondary N) is 1. The van der Waals surface area contributed by atoms with Crippen LogP contribution in [0.3, 0.4) is 0 Å². The summed E-state index contributed by atoms with van der Waals surface area (Å²) in [5.41, 5.74) is 1.11. The minimum atomic E-state index is -0.661. The summed E-state index contributed by atoms with van der Waals surface area (Å²) in [5.74, 6) is -2.53. The van der Waals surface area contributed by atoms with Gasteiger partial charge < -0.3 is 5.32 Å². The van der Waals surface area contributed by atoms with Crippen LogP contribution >= 0.6 is 11.6 Å². The van der Waals surface area contributed by atoms with Gasteiger partial charge in [0.05, 0.1) is 5.92 Å². The third-order valence-corrected chi connectivity index (χ3v) is 3.98. The molecule has 0 aliphatic heterocycles. The molecule has 2 nitrogen and oxygen atoms in total. The number of amides is 1. The van der Waals surface area contributed by atoms with Gasteiger partial charge in [-0.15, -0.1) is 0 Å². The van der Waals surface area contributed by atoms with E-state index in [1.54, 1.807) is 19.1 Å². The molecule has 1 aliphatic carbocycles. The summed E-state index contributed by atoms with van der Waals surface area (Å²) in [6.45, 7) is 4.05. The van der Waals surface area contributed by atoms with Gasteiger partial charge in [0.1, 0.15) is 11.6 Å². The van der Waals surface area contributed by atoms with Crippen molar-refractivity contribution in [3.63, 3.8) is 0 Å². The fraction of sp³-hybridized carbons (Fsp3) is 0.312. The maximum atomic E-state index is 13.4. The van der Waals surface area contributed by atoms with Crippen molar-refractivity contribution >= 4 is 17.5 Å². The number of hydrogen-bond acceptors (Lipinski definition) is 1. The molecule has 2 unspecified atom stereocenters. The standard InChI is InChI=1S/C16H16ClF2NO/c1-3-20-16(21)15-9(2)14(17)5-4-13(15)10-6-11(18)8-12(19)7-10/h4-8,13,15H,3H2,1-2H3,(H,20,21). The maximum absolute atomic E-state index is 13.4. The summed E-state index contributed by atoms with van der Waals surface area (Å²) in [5, 5.41) is 3.23. The first-order valence-corrected chi connectivity index (χ1v) is 7.10.